The third-order valence-corrected chi connectivity index (χ3v) is 9.54. The van der Waals surface area contributed by atoms with Gasteiger partial charge in [-0.2, -0.15) is 0 Å². The van der Waals surface area contributed by atoms with Gasteiger partial charge in [-0.25, -0.2) is 0 Å². The first-order valence-corrected chi connectivity index (χ1v) is 16.2. The van der Waals surface area contributed by atoms with Crippen molar-refractivity contribution in [2.45, 2.75) is 95.6 Å². The molecule has 2 fully saturated rings. The second-order valence-electron chi connectivity index (χ2n) is 13.1. The molecule has 234 valence electrons. The molecule has 2 aromatic rings. The number of aryl methyl sites for hydroxylation is 1. The molecule has 0 aromatic heterocycles. The van der Waals surface area contributed by atoms with Crippen molar-refractivity contribution >= 4 is 11.9 Å². The molecule has 0 radical (unpaired) electrons. The Kier molecular flexibility index (Phi) is 11.5. The van der Waals surface area contributed by atoms with Gasteiger partial charge in [0.2, 0.25) is 5.91 Å². The molecule has 2 aromatic carbocycles. The van der Waals surface area contributed by atoms with Crippen LogP contribution in [0.1, 0.15) is 83.3 Å². The smallest absolute Gasteiger partial charge is 0.303 e. The lowest BCUT2D eigenvalue weighted by atomic mass is 9.54. The number of piperidine rings is 1. The zero-order valence-corrected chi connectivity index (χ0v) is 26.9. The van der Waals surface area contributed by atoms with Gasteiger partial charge in [0.25, 0.3) is 0 Å². The third kappa shape index (κ3) is 7.89. The number of rotatable bonds is 14. The summed E-state index contributed by atoms with van der Waals surface area (Å²) < 4.78 is 12.1. The van der Waals surface area contributed by atoms with Gasteiger partial charge in [0, 0.05) is 44.4 Å². The number of unbranched alkanes of at least 4 members (excludes halogenated alkanes) is 2. The van der Waals surface area contributed by atoms with E-state index in [-0.39, 0.29) is 17.9 Å². The number of likely N-dealkylation sites (tertiary alicyclic amines) is 1. The number of carbonyl (C=O) groups is 2. The van der Waals surface area contributed by atoms with E-state index in [0.717, 1.165) is 75.9 Å². The highest BCUT2D eigenvalue weighted by atomic mass is 16.6. The first-order chi connectivity index (χ1) is 20.7. The normalized spacial score (nSPS) is 23.8. The number of methoxy groups -OCH3 is 1. The number of fused-ring (bicyclic) bond motifs is 1. The number of hydrogen-bond acceptors (Lipinski definition) is 5. The number of carbonyl (C=O) groups excluding carboxylic acids is 2. The van der Waals surface area contributed by atoms with Crippen molar-refractivity contribution in [1.29, 1.82) is 0 Å². The van der Waals surface area contributed by atoms with Gasteiger partial charge in [0.1, 0.15) is 11.4 Å². The lowest BCUT2D eigenvalue weighted by molar-refractivity contribution is -0.190. The highest BCUT2D eigenvalue weighted by molar-refractivity contribution is 5.76. The van der Waals surface area contributed by atoms with Crippen LogP contribution in [-0.4, -0.2) is 66.6 Å². The minimum atomic E-state index is -0.688. The predicted octanol–water partition coefficient (Wildman–Crippen LogP) is 6.97. The Morgan fingerprint density at radius 3 is 2.58 bits per heavy atom. The van der Waals surface area contributed by atoms with E-state index in [1.807, 2.05) is 18.2 Å². The van der Waals surface area contributed by atoms with Gasteiger partial charge in [-0.05, 0) is 80.7 Å². The van der Waals surface area contributed by atoms with Crippen molar-refractivity contribution < 1.29 is 19.1 Å². The Hall–Kier alpha value is -3.12. The molecule has 1 aliphatic heterocycles. The van der Waals surface area contributed by atoms with Crippen LogP contribution in [-0.2, 0) is 26.2 Å². The standard InChI is InChI=1S/C37H52N2O4/c1-6-23-38-24-22-36(32-17-13-18-34(25-32)42-5)26-33(20-21-37(36,28-38)43-30(4)40)39(27-29(2)3)35(41)19-12-8-11-16-31-14-9-7-10-15-31/h6-7,9-10,13-15,17-18,25,29,33H,1,8,11-12,16,19-24,26-28H2,2-5H3/t33-,36+,37+/m1/s1. The molecule has 0 bridgehead atoms. The summed E-state index contributed by atoms with van der Waals surface area (Å²) in [5, 5.41) is 0. The van der Waals surface area contributed by atoms with Gasteiger partial charge in [-0.15, -0.1) is 6.58 Å². The van der Waals surface area contributed by atoms with E-state index in [1.54, 1.807) is 7.11 Å². The van der Waals surface area contributed by atoms with Crippen molar-refractivity contribution in [1.82, 2.24) is 9.80 Å². The van der Waals surface area contributed by atoms with Crippen LogP contribution in [0.15, 0.2) is 67.3 Å². The first-order valence-electron chi connectivity index (χ1n) is 16.2. The van der Waals surface area contributed by atoms with E-state index in [2.05, 4.69) is 72.7 Å². The van der Waals surface area contributed by atoms with E-state index in [4.69, 9.17) is 9.47 Å². The second kappa shape index (κ2) is 15.1. The second-order valence-corrected chi connectivity index (χ2v) is 13.1. The van der Waals surface area contributed by atoms with Crippen molar-refractivity contribution in [3.05, 3.63) is 78.4 Å². The summed E-state index contributed by atoms with van der Waals surface area (Å²) in [6.45, 7) is 12.9. The number of nitrogens with zero attached hydrogens (tertiary/aromatic N) is 2. The van der Waals surface area contributed by atoms with E-state index >= 15 is 0 Å². The number of hydrogen-bond donors (Lipinski definition) is 0. The molecule has 43 heavy (non-hydrogen) atoms. The lowest BCUT2D eigenvalue weighted by Crippen LogP contribution is -2.68. The zero-order valence-electron chi connectivity index (χ0n) is 26.9. The molecule has 1 heterocycles. The third-order valence-electron chi connectivity index (χ3n) is 9.54. The Bertz CT molecular complexity index is 1210. The van der Waals surface area contributed by atoms with Crippen LogP contribution in [0.5, 0.6) is 5.75 Å². The van der Waals surface area contributed by atoms with E-state index < -0.39 is 11.0 Å². The average Bonchev–Trinajstić information content (AvgIpc) is 2.99. The highest BCUT2D eigenvalue weighted by Crippen LogP contribution is 2.55. The Morgan fingerprint density at radius 2 is 1.88 bits per heavy atom. The fourth-order valence-corrected chi connectivity index (χ4v) is 7.60. The Morgan fingerprint density at radius 1 is 1.09 bits per heavy atom. The fraction of sp³-hybridized carbons (Fsp3) is 0.568. The number of amides is 1. The van der Waals surface area contributed by atoms with Crippen LogP contribution in [0.3, 0.4) is 0 Å². The minimum absolute atomic E-state index is 0.0834. The molecular formula is C37H52N2O4. The average molecular weight is 589 g/mol. The predicted molar refractivity (Wildman–Crippen MR) is 173 cm³/mol. The summed E-state index contributed by atoms with van der Waals surface area (Å²) in [7, 11) is 1.69. The maximum atomic E-state index is 13.9. The van der Waals surface area contributed by atoms with Gasteiger partial charge in [-0.1, -0.05) is 68.8 Å². The fourth-order valence-electron chi connectivity index (χ4n) is 7.60. The van der Waals surface area contributed by atoms with Crippen molar-refractivity contribution in [3.63, 3.8) is 0 Å². The minimum Gasteiger partial charge on any atom is -0.497 e. The molecule has 0 N–H and O–H groups in total. The number of benzene rings is 2. The van der Waals surface area contributed by atoms with Crippen LogP contribution in [0.4, 0.5) is 0 Å². The molecule has 0 unspecified atom stereocenters. The van der Waals surface area contributed by atoms with Crippen molar-refractivity contribution in [3.8, 4) is 5.75 Å². The summed E-state index contributed by atoms with van der Waals surface area (Å²) in [6, 6.07) is 18.9. The topological polar surface area (TPSA) is 59.1 Å². The summed E-state index contributed by atoms with van der Waals surface area (Å²) in [6.07, 6.45) is 9.72. The molecule has 6 nitrogen and oxygen atoms in total. The largest absolute Gasteiger partial charge is 0.497 e. The summed E-state index contributed by atoms with van der Waals surface area (Å²) in [5.41, 5.74) is 1.37. The first kappa shape index (κ1) is 32.8. The molecule has 1 aliphatic carbocycles. The number of esters is 1. The Labute approximate surface area is 259 Å². The monoisotopic (exact) mass is 588 g/mol. The van der Waals surface area contributed by atoms with E-state index in [9.17, 15) is 9.59 Å². The van der Waals surface area contributed by atoms with Crippen molar-refractivity contribution in [2.75, 3.05) is 33.3 Å². The van der Waals surface area contributed by atoms with Crippen LogP contribution in [0.2, 0.25) is 0 Å². The van der Waals surface area contributed by atoms with Crippen molar-refractivity contribution in [2.24, 2.45) is 5.92 Å². The van der Waals surface area contributed by atoms with Gasteiger partial charge in [0.15, 0.2) is 0 Å². The molecule has 1 saturated heterocycles. The molecule has 3 atom stereocenters. The number of ether oxygens (including phenoxy) is 2. The zero-order chi connectivity index (χ0) is 30.9. The quantitative estimate of drug-likeness (QED) is 0.136. The maximum absolute atomic E-state index is 13.9. The van der Waals surface area contributed by atoms with Crippen LogP contribution < -0.4 is 4.74 Å². The molecule has 1 saturated carbocycles. The molecule has 1 amide bonds. The van der Waals surface area contributed by atoms with Crippen LogP contribution >= 0.6 is 0 Å². The SMILES string of the molecule is C=CCN1CC[C@@]2(c3cccc(OC)c3)C[C@H](N(CC(C)C)C(=O)CCCCCc3ccccc3)CC[C@]2(OC(C)=O)C1. The van der Waals surface area contributed by atoms with Gasteiger partial charge in [-0.3, -0.25) is 14.5 Å². The van der Waals surface area contributed by atoms with Gasteiger partial charge < -0.3 is 14.4 Å². The van der Waals surface area contributed by atoms with Crippen LogP contribution in [0.25, 0.3) is 0 Å². The highest BCUT2D eigenvalue weighted by Gasteiger charge is 2.61. The summed E-state index contributed by atoms with van der Waals surface area (Å²) in [5.74, 6) is 1.16. The maximum Gasteiger partial charge on any atom is 0.303 e. The Balaban J connectivity index is 1.58. The van der Waals surface area contributed by atoms with Gasteiger partial charge >= 0.3 is 5.97 Å². The van der Waals surface area contributed by atoms with E-state index in [0.29, 0.717) is 25.3 Å². The molecule has 0 spiro atoms. The van der Waals surface area contributed by atoms with E-state index in [1.165, 1.54) is 12.5 Å². The lowest BCUT2D eigenvalue weighted by Gasteiger charge is -2.60. The molecule has 4 rings (SSSR count). The molecule has 2 aliphatic rings. The molecular weight excluding hydrogens is 536 g/mol. The van der Waals surface area contributed by atoms with Gasteiger partial charge in [0.05, 0.1) is 7.11 Å². The summed E-state index contributed by atoms with van der Waals surface area (Å²) in [4.78, 5) is 31.1. The molecule has 6 heteroatoms. The van der Waals surface area contributed by atoms with Crippen LogP contribution in [0, 0.1) is 5.92 Å². The summed E-state index contributed by atoms with van der Waals surface area (Å²) >= 11 is 0.